The van der Waals surface area contributed by atoms with Crippen molar-refractivity contribution in [3.8, 4) is 5.75 Å². The number of nitrogens with zero attached hydrogens (tertiary/aromatic N) is 2. The molecule has 1 aliphatic heterocycles. The molecular formula is C20H21N3O3S. The average Bonchev–Trinajstić information content (AvgIpc) is 2.73. The van der Waals surface area contributed by atoms with Crippen molar-refractivity contribution >= 4 is 20.9 Å². The van der Waals surface area contributed by atoms with Crippen LogP contribution in [0.2, 0.25) is 0 Å². The quantitative estimate of drug-likeness (QED) is 0.750. The predicted octanol–water partition coefficient (Wildman–Crippen LogP) is 2.58. The van der Waals surface area contributed by atoms with E-state index < -0.39 is 10.0 Å². The zero-order valence-electron chi connectivity index (χ0n) is 15.0. The van der Waals surface area contributed by atoms with E-state index in [1.165, 1.54) is 6.20 Å². The number of aromatic nitrogens is 1. The first kappa shape index (κ1) is 17.9. The third-order valence-corrected chi connectivity index (χ3v) is 6.74. The fraction of sp³-hybridized carbons (Fsp3) is 0.250. The Morgan fingerprint density at radius 1 is 1.15 bits per heavy atom. The molecule has 1 saturated heterocycles. The molecule has 1 fully saturated rings. The van der Waals surface area contributed by atoms with E-state index >= 15 is 0 Å². The predicted molar refractivity (Wildman–Crippen MR) is 104 cm³/mol. The number of methoxy groups -OCH3 is 1. The maximum absolute atomic E-state index is 13.4. The number of benzene rings is 2. The summed E-state index contributed by atoms with van der Waals surface area (Å²) >= 11 is 0. The van der Waals surface area contributed by atoms with Crippen molar-refractivity contribution in [1.29, 1.82) is 0 Å². The number of para-hydroxylation sites is 2. The van der Waals surface area contributed by atoms with Crippen LogP contribution in [0.4, 0.5) is 0 Å². The Labute approximate surface area is 158 Å². The zero-order chi connectivity index (χ0) is 18.9. The van der Waals surface area contributed by atoms with Crippen LogP contribution >= 0.6 is 0 Å². The summed E-state index contributed by atoms with van der Waals surface area (Å²) < 4.78 is 33.9. The first-order valence-corrected chi connectivity index (χ1v) is 10.3. The van der Waals surface area contributed by atoms with Gasteiger partial charge in [-0.3, -0.25) is 4.98 Å². The smallest absolute Gasteiger partial charge is 0.245 e. The lowest BCUT2D eigenvalue weighted by molar-refractivity contribution is 0.264. The molecule has 0 aliphatic carbocycles. The highest BCUT2D eigenvalue weighted by Gasteiger charge is 2.36. The average molecular weight is 383 g/mol. The summed E-state index contributed by atoms with van der Waals surface area (Å²) in [7, 11) is -2.10. The molecule has 0 radical (unpaired) electrons. The molecule has 0 spiro atoms. The topological polar surface area (TPSA) is 71.5 Å². The van der Waals surface area contributed by atoms with E-state index in [1.807, 2.05) is 48.5 Å². The highest BCUT2D eigenvalue weighted by molar-refractivity contribution is 7.89. The number of piperazine rings is 1. The Morgan fingerprint density at radius 2 is 1.93 bits per heavy atom. The SMILES string of the molecule is COc1ccccc1C1CNCCN1S(=O)(=O)c1cnc2ccccc2c1. The zero-order valence-corrected chi connectivity index (χ0v) is 15.8. The Morgan fingerprint density at radius 3 is 2.78 bits per heavy atom. The Bertz CT molecular complexity index is 1070. The summed E-state index contributed by atoms with van der Waals surface area (Å²) in [5.41, 5.74) is 1.63. The van der Waals surface area contributed by atoms with Crippen molar-refractivity contribution in [3.63, 3.8) is 0 Å². The van der Waals surface area contributed by atoms with Gasteiger partial charge in [0.2, 0.25) is 10.0 Å². The highest BCUT2D eigenvalue weighted by Crippen LogP contribution is 2.34. The van der Waals surface area contributed by atoms with Crippen molar-refractivity contribution in [2.45, 2.75) is 10.9 Å². The van der Waals surface area contributed by atoms with Crippen molar-refractivity contribution in [1.82, 2.24) is 14.6 Å². The molecule has 1 aromatic heterocycles. The normalized spacial score (nSPS) is 18.5. The molecule has 27 heavy (non-hydrogen) atoms. The molecule has 3 aromatic rings. The molecular weight excluding hydrogens is 362 g/mol. The molecule has 2 aromatic carbocycles. The number of hydrogen-bond donors (Lipinski definition) is 1. The molecule has 0 saturated carbocycles. The van der Waals surface area contributed by atoms with Crippen LogP contribution in [0.3, 0.4) is 0 Å². The summed E-state index contributed by atoms with van der Waals surface area (Å²) in [6, 6.07) is 16.4. The van der Waals surface area contributed by atoms with Crippen LogP contribution in [-0.2, 0) is 10.0 Å². The van der Waals surface area contributed by atoms with Crippen LogP contribution in [0.15, 0.2) is 65.7 Å². The lowest BCUT2D eigenvalue weighted by Crippen LogP contribution is -2.48. The summed E-state index contributed by atoms with van der Waals surface area (Å²) in [6.45, 7) is 1.52. The Balaban J connectivity index is 1.77. The summed E-state index contributed by atoms with van der Waals surface area (Å²) in [5, 5.41) is 4.10. The molecule has 140 valence electrons. The lowest BCUT2D eigenvalue weighted by Gasteiger charge is -2.36. The number of nitrogens with one attached hydrogen (secondary N) is 1. The van der Waals surface area contributed by atoms with Gasteiger partial charge in [-0.15, -0.1) is 0 Å². The third kappa shape index (κ3) is 3.29. The van der Waals surface area contributed by atoms with Gasteiger partial charge in [0.1, 0.15) is 10.6 Å². The molecule has 7 heteroatoms. The van der Waals surface area contributed by atoms with Crippen LogP contribution in [-0.4, -0.2) is 44.5 Å². The van der Waals surface area contributed by atoms with Gasteiger partial charge in [0.05, 0.1) is 18.7 Å². The van der Waals surface area contributed by atoms with E-state index in [0.717, 1.165) is 16.5 Å². The highest BCUT2D eigenvalue weighted by atomic mass is 32.2. The monoisotopic (exact) mass is 383 g/mol. The third-order valence-electron chi connectivity index (χ3n) is 4.86. The van der Waals surface area contributed by atoms with Gasteiger partial charge in [-0.1, -0.05) is 36.4 Å². The van der Waals surface area contributed by atoms with Gasteiger partial charge in [-0.2, -0.15) is 4.31 Å². The van der Waals surface area contributed by atoms with Gasteiger partial charge in [0.25, 0.3) is 0 Å². The summed E-state index contributed by atoms with van der Waals surface area (Å²) in [4.78, 5) is 4.54. The van der Waals surface area contributed by atoms with Gasteiger partial charge in [0, 0.05) is 36.8 Å². The molecule has 0 bridgehead atoms. The van der Waals surface area contributed by atoms with Crippen molar-refractivity contribution < 1.29 is 13.2 Å². The maximum Gasteiger partial charge on any atom is 0.245 e. The van der Waals surface area contributed by atoms with Crippen molar-refractivity contribution in [3.05, 3.63) is 66.4 Å². The van der Waals surface area contributed by atoms with Crippen molar-refractivity contribution in [2.75, 3.05) is 26.7 Å². The van der Waals surface area contributed by atoms with E-state index in [1.54, 1.807) is 17.5 Å². The van der Waals surface area contributed by atoms with Crippen LogP contribution in [0.1, 0.15) is 11.6 Å². The van der Waals surface area contributed by atoms with E-state index in [2.05, 4.69) is 10.3 Å². The van der Waals surface area contributed by atoms with E-state index in [9.17, 15) is 8.42 Å². The second kappa shape index (κ2) is 7.26. The van der Waals surface area contributed by atoms with Gasteiger partial charge in [0.15, 0.2) is 0 Å². The fourth-order valence-corrected chi connectivity index (χ4v) is 5.09. The molecule has 6 nitrogen and oxygen atoms in total. The van der Waals surface area contributed by atoms with Crippen LogP contribution in [0.25, 0.3) is 10.9 Å². The number of sulfonamides is 1. The van der Waals surface area contributed by atoms with E-state index in [0.29, 0.717) is 25.4 Å². The van der Waals surface area contributed by atoms with Gasteiger partial charge >= 0.3 is 0 Å². The number of hydrogen-bond acceptors (Lipinski definition) is 5. The molecule has 2 heterocycles. The number of ether oxygens (including phenoxy) is 1. The molecule has 4 rings (SSSR count). The first-order chi connectivity index (χ1) is 13.1. The maximum atomic E-state index is 13.4. The number of rotatable bonds is 4. The van der Waals surface area contributed by atoms with E-state index in [-0.39, 0.29) is 10.9 Å². The van der Waals surface area contributed by atoms with Gasteiger partial charge in [-0.25, -0.2) is 8.42 Å². The van der Waals surface area contributed by atoms with Crippen LogP contribution < -0.4 is 10.1 Å². The fourth-order valence-electron chi connectivity index (χ4n) is 3.51. The van der Waals surface area contributed by atoms with Crippen molar-refractivity contribution in [2.24, 2.45) is 0 Å². The number of fused-ring (bicyclic) bond motifs is 1. The Hall–Kier alpha value is -2.48. The second-order valence-electron chi connectivity index (χ2n) is 6.44. The molecule has 1 atom stereocenters. The first-order valence-electron chi connectivity index (χ1n) is 8.81. The van der Waals surface area contributed by atoms with E-state index in [4.69, 9.17) is 4.74 Å². The lowest BCUT2D eigenvalue weighted by atomic mass is 10.0. The standard InChI is InChI=1S/C20H21N3O3S/c1-26-20-9-5-3-7-17(20)19-14-21-10-11-23(19)27(24,25)16-12-15-6-2-4-8-18(15)22-13-16/h2-9,12-13,19,21H,10-11,14H2,1H3. The molecule has 1 N–H and O–H groups in total. The second-order valence-corrected chi connectivity index (χ2v) is 8.33. The molecule has 0 amide bonds. The van der Waals surface area contributed by atoms with Crippen LogP contribution in [0.5, 0.6) is 5.75 Å². The minimum Gasteiger partial charge on any atom is -0.496 e. The largest absolute Gasteiger partial charge is 0.496 e. The molecule has 1 unspecified atom stereocenters. The minimum atomic E-state index is -3.70. The summed E-state index contributed by atoms with van der Waals surface area (Å²) in [6.07, 6.45) is 1.44. The number of pyridine rings is 1. The van der Waals surface area contributed by atoms with Crippen LogP contribution in [0, 0.1) is 0 Å². The summed E-state index contributed by atoms with van der Waals surface area (Å²) in [5.74, 6) is 0.683. The minimum absolute atomic E-state index is 0.211. The Kier molecular flexibility index (Phi) is 4.82. The molecule has 1 aliphatic rings. The van der Waals surface area contributed by atoms with Gasteiger partial charge in [-0.05, 0) is 18.2 Å². The van der Waals surface area contributed by atoms with Gasteiger partial charge < -0.3 is 10.1 Å².